The predicted octanol–water partition coefficient (Wildman–Crippen LogP) is 3.50. The molecule has 1 aliphatic heterocycles. The molecule has 1 aromatic heterocycles. The molecule has 1 amide bonds. The molecule has 2 aromatic carbocycles. The number of nitrogens with one attached hydrogen (secondary N) is 1. The molecule has 7 heteroatoms. The van der Waals surface area contributed by atoms with Crippen LogP contribution >= 0.6 is 0 Å². The quantitative estimate of drug-likeness (QED) is 0.544. The summed E-state index contributed by atoms with van der Waals surface area (Å²) in [6.07, 6.45) is 2.82. The topological polar surface area (TPSA) is 94.2 Å². The number of hydrogen-bond acceptors (Lipinski definition) is 4. The number of nitro groups is 1. The van der Waals surface area contributed by atoms with Crippen molar-refractivity contribution in [3.05, 3.63) is 75.5 Å². The standard InChI is InChI=1S/C21H19N3O4/c25-20-10-4-9-19-17(16-7-1-2-8-18(16)23(19)20)11-12-22-21(26)14-5-3-6-15(13-14)24(27)28/h1-3,5-8,13H,4,9-12H2,(H,22,26). The maximum Gasteiger partial charge on any atom is 0.270 e. The molecular weight excluding hydrogens is 358 g/mol. The molecule has 7 nitrogen and oxygen atoms in total. The average Bonchev–Trinajstić information content (AvgIpc) is 3.03. The van der Waals surface area contributed by atoms with Crippen LogP contribution in [-0.2, 0) is 12.8 Å². The van der Waals surface area contributed by atoms with E-state index in [9.17, 15) is 19.7 Å². The van der Waals surface area contributed by atoms with E-state index in [4.69, 9.17) is 0 Å². The van der Waals surface area contributed by atoms with E-state index >= 15 is 0 Å². The molecule has 4 rings (SSSR count). The first-order valence-electron chi connectivity index (χ1n) is 9.23. The van der Waals surface area contributed by atoms with Crippen LogP contribution in [0.2, 0.25) is 0 Å². The number of amides is 1. The van der Waals surface area contributed by atoms with Gasteiger partial charge in [0.15, 0.2) is 0 Å². The van der Waals surface area contributed by atoms with Gasteiger partial charge in [0.05, 0.1) is 10.4 Å². The van der Waals surface area contributed by atoms with Gasteiger partial charge in [-0.05, 0) is 37.0 Å². The SMILES string of the molecule is O=C(NCCc1c2n(c3ccccc13)C(=O)CCC2)c1cccc([N+](=O)[O-])c1. The summed E-state index contributed by atoms with van der Waals surface area (Å²) in [5, 5.41) is 14.7. The number of non-ortho nitro benzene ring substituents is 1. The van der Waals surface area contributed by atoms with E-state index in [1.165, 1.54) is 18.2 Å². The third-order valence-corrected chi connectivity index (χ3v) is 5.12. The number of fused-ring (bicyclic) bond motifs is 3. The lowest BCUT2D eigenvalue weighted by atomic mass is 10.0. The third-order valence-electron chi connectivity index (χ3n) is 5.12. The molecule has 0 saturated heterocycles. The van der Waals surface area contributed by atoms with Crippen molar-refractivity contribution in [3.8, 4) is 0 Å². The summed E-state index contributed by atoms with van der Waals surface area (Å²) in [5.41, 5.74) is 3.18. The van der Waals surface area contributed by atoms with Gasteiger partial charge in [-0.3, -0.25) is 24.3 Å². The van der Waals surface area contributed by atoms with Crippen LogP contribution in [0.25, 0.3) is 10.9 Å². The fraction of sp³-hybridized carbons (Fsp3) is 0.238. The summed E-state index contributed by atoms with van der Waals surface area (Å²) in [5.74, 6) is -0.235. The Bertz CT molecular complexity index is 1100. The minimum absolute atomic E-state index is 0.112. The number of carbonyl (C=O) groups excluding carboxylic acids is 2. The summed E-state index contributed by atoms with van der Waals surface area (Å²) in [4.78, 5) is 35.1. The van der Waals surface area contributed by atoms with Gasteiger partial charge in [0, 0.05) is 41.7 Å². The van der Waals surface area contributed by atoms with E-state index in [-0.39, 0.29) is 23.1 Å². The van der Waals surface area contributed by atoms with Gasteiger partial charge in [0.2, 0.25) is 5.91 Å². The normalized spacial score (nSPS) is 13.4. The Morgan fingerprint density at radius 3 is 2.79 bits per heavy atom. The van der Waals surface area contributed by atoms with Crippen LogP contribution in [0.15, 0.2) is 48.5 Å². The summed E-state index contributed by atoms with van der Waals surface area (Å²) in [6, 6.07) is 13.5. The van der Waals surface area contributed by atoms with Crippen LogP contribution in [0, 0.1) is 10.1 Å². The first-order valence-corrected chi connectivity index (χ1v) is 9.23. The van der Waals surface area contributed by atoms with E-state index in [1.807, 2.05) is 28.8 Å². The van der Waals surface area contributed by atoms with Crippen LogP contribution in [0.5, 0.6) is 0 Å². The van der Waals surface area contributed by atoms with E-state index in [1.54, 1.807) is 6.07 Å². The first kappa shape index (κ1) is 17.9. The molecule has 0 bridgehead atoms. The second kappa shape index (κ2) is 7.26. The van der Waals surface area contributed by atoms with E-state index < -0.39 is 4.92 Å². The number of nitro benzene ring substituents is 1. The lowest BCUT2D eigenvalue weighted by Gasteiger charge is -2.16. The summed E-state index contributed by atoms with van der Waals surface area (Å²) in [6.45, 7) is 0.386. The Morgan fingerprint density at radius 1 is 1.14 bits per heavy atom. The lowest BCUT2D eigenvalue weighted by molar-refractivity contribution is -0.384. The van der Waals surface area contributed by atoms with E-state index in [2.05, 4.69) is 5.32 Å². The second-order valence-corrected chi connectivity index (χ2v) is 6.84. The number of para-hydroxylation sites is 1. The summed E-state index contributed by atoms with van der Waals surface area (Å²) in [7, 11) is 0. The van der Waals surface area contributed by atoms with Gasteiger partial charge in [0.1, 0.15) is 0 Å². The van der Waals surface area contributed by atoms with Gasteiger partial charge in [-0.1, -0.05) is 24.3 Å². The number of rotatable bonds is 5. The molecule has 0 radical (unpaired) electrons. The van der Waals surface area contributed by atoms with Crippen LogP contribution in [-0.4, -0.2) is 27.8 Å². The van der Waals surface area contributed by atoms with Crippen LogP contribution in [0.4, 0.5) is 5.69 Å². The lowest BCUT2D eigenvalue weighted by Crippen LogP contribution is -2.26. The highest BCUT2D eigenvalue weighted by Gasteiger charge is 2.24. The Kier molecular flexibility index (Phi) is 4.65. The van der Waals surface area contributed by atoms with Gasteiger partial charge >= 0.3 is 0 Å². The van der Waals surface area contributed by atoms with Gasteiger partial charge in [-0.2, -0.15) is 0 Å². The van der Waals surface area contributed by atoms with Gasteiger partial charge in [-0.15, -0.1) is 0 Å². The zero-order valence-corrected chi connectivity index (χ0v) is 15.2. The molecule has 0 fully saturated rings. The minimum Gasteiger partial charge on any atom is -0.352 e. The highest BCUT2D eigenvalue weighted by Crippen LogP contribution is 2.31. The number of carbonyl (C=O) groups is 2. The van der Waals surface area contributed by atoms with Crippen molar-refractivity contribution in [1.82, 2.24) is 9.88 Å². The molecule has 1 aliphatic rings. The molecule has 142 valence electrons. The molecular formula is C21H19N3O4. The molecule has 0 unspecified atom stereocenters. The number of nitrogens with zero attached hydrogens (tertiary/aromatic N) is 2. The summed E-state index contributed by atoms with van der Waals surface area (Å²) < 4.78 is 1.82. The fourth-order valence-electron chi connectivity index (χ4n) is 3.87. The zero-order chi connectivity index (χ0) is 19.7. The molecule has 0 spiro atoms. The van der Waals surface area contributed by atoms with Crippen molar-refractivity contribution in [2.45, 2.75) is 25.7 Å². The first-order chi connectivity index (χ1) is 13.6. The van der Waals surface area contributed by atoms with Gasteiger partial charge < -0.3 is 5.32 Å². The maximum atomic E-state index is 12.4. The maximum absolute atomic E-state index is 12.4. The molecule has 0 saturated carbocycles. The van der Waals surface area contributed by atoms with Crippen molar-refractivity contribution >= 4 is 28.4 Å². The minimum atomic E-state index is -0.520. The largest absolute Gasteiger partial charge is 0.352 e. The Balaban J connectivity index is 1.54. The third kappa shape index (κ3) is 3.15. The van der Waals surface area contributed by atoms with Gasteiger partial charge in [0.25, 0.3) is 11.6 Å². The second-order valence-electron chi connectivity index (χ2n) is 6.84. The smallest absolute Gasteiger partial charge is 0.270 e. The highest BCUT2D eigenvalue weighted by molar-refractivity contribution is 5.97. The molecule has 28 heavy (non-hydrogen) atoms. The monoisotopic (exact) mass is 377 g/mol. The van der Waals surface area contributed by atoms with Crippen molar-refractivity contribution < 1.29 is 14.5 Å². The van der Waals surface area contributed by atoms with Crippen LogP contribution in [0.3, 0.4) is 0 Å². The molecule has 3 aromatic rings. The zero-order valence-electron chi connectivity index (χ0n) is 15.2. The Hall–Kier alpha value is -3.48. The van der Waals surface area contributed by atoms with Crippen LogP contribution < -0.4 is 5.32 Å². The average molecular weight is 377 g/mol. The Morgan fingerprint density at radius 2 is 1.96 bits per heavy atom. The molecule has 0 atom stereocenters. The van der Waals surface area contributed by atoms with Gasteiger partial charge in [-0.25, -0.2) is 0 Å². The fourth-order valence-corrected chi connectivity index (χ4v) is 3.87. The number of benzene rings is 2. The number of aromatic nitrogens is 1. The van der Waals surface area contributed by atoms with Crippen molar-refractivity contribution in [2.75, 3.05) is 6.54 Å². The predicted molar refractivity (Wildman–Crippen MR) is 105 cm³/mol. The van der Waals surface area contributed by atoms with Crippen LogP contribution in [0.1, 0.15) is 39.3 Å². The molecule has 0 aliphatic carbocycles. The molecule has 2 heterocycles. The van der Waals surface area contributed by atoms with Crippen molar-refractivity contribution in [2.24, 2.45) is 0 Å². The van der Waals surface area contributed by atoms with Crippen molar-refractivity contribution in [3.63, 3.8) is 0 Å². The van der Waals surface area contributed by atoms with E-state index in [0.717, 1.165) is 35.0 Å². The Labute approximate surface area is 161 Å². The number of hydrogen-bond donors (Lipinski definition) is 1. The van der Waals surface area contributed by atoms with E-state index in [0.29, 0.717) is 19.4 Å². The summed E-state index contributed by atoms with van der Waals surface area (Å²) >= 11 is 0. The molecule has 1 N–H and O–H groups in total. The van der Waals surface area contributed by atoms with Crippen molar-refractivity contribution in [1.29, 1.82) is 0 Å². The highest BCUT2D eigenvalue weighted by atomic mass is 16.6.